The molecule has 0 fully saturated rings. The number of aryl methyl sites for hydroxylation is 1. The minimum Gasteiger partial charge on any atom is -0.497 e. The molecule has 3 aromatic carbocycles. The van der Waals surface area contributed by atoms with Gasteiger partial charge in [0.1, 0.15) is 11.6 Å². The van der Waals surface area contributed by atoms with Crippen molar-refractivity contribution in [3.8, 4) is 16.9 Å². The maximum Gasteiger partial charge on any atom is 0.123 e. The smallest absolute Gasteiger partial charge is 0.123 e. The number of ether oxygens (including phenoxy) is 1. The third-order valence-electron chi connectivity index (χ3n) is 7.10. The summed E-state index contributed by atoms with van der Waals surface area (Å²) in [7, 11) is 1.71. The van der Waals surface area contributed by atoms with Crippen molar-refractivity contribution in [3.63, 3.8) is 0 Å². The highest BCUT2D eigenvalue weighted by molar-refractivity contribution is 7.99. The van der Waals surface area contributed by atoms with Gasteiger partial charge in [-0.25, -0.2) is 4.39 Å². The monoisotopic (exact) mass is 508 g/mol. The number of thioether (sulfide) groups is 1. The largest absolute Gasteiger partial charge is 0.497 e. The lowest BCUT2D eigenvalue weighted by molar-refractivity contribution is 0.415. The Balaban J connectivity index is 1.42. The summed E-state index contributed by atoms with van der Waals surface area (Å²) >= 11 is 2.15. The zero-order valence-electron chi connectivity index (χ0n) is 22.5. The summed E-state index contributed by atoms with van der Waals surface area (Å²) in [6.45, 7) is 2.28. The normalized spacial score (nSPS) is 11.3. The molecule has 0 N–H and O–H groups in total. The van der Waals surface area contributed by atoms with Crippen molar-refractivity contribution in [3.05, 3.63) is 66.0 Å². The highest BCUT2D eigenvalue weighted by Gasteiger charge is 2.11. The summed E-state index contributed by atoms with van der Waals surface area (Å²) in [5.41, 5.74) is 3.67. The summed E-state index contributed by atoms with van der Waals surface area (Å²) in [4.78, 5) is 0. The average Bonchev–Trinajstić information content (AvgIpc) is 2.91. The van der Waals surface area contributed by atoms with Crippen LogP contribution >= 0.6 is 11.8 Å². The van der Waals surface area contributed by atoms with Gasteiger partial charge in [-0.1, -0.05) is 95.0 Å². The SMILES string of the molecule is CCCCCCSCCCCCCCCCCc1c(-c2ccc(F)cc2)ccc2cc(OC)ccc12. The number of unbranched alkanes of at least 4 members (excludes halogenated alkanes) is 10. The topological polar surface area (TPSA) is 9.23 Å². The maximum absolute atomic E-state index is 13.5. The molecule has 0 aliphatic carbocycles. The molecule has 3 heteroatoms. The Kier molecular flexibility index (Phi) is 13.2. The van der Waals surface area contributed by atoms with Crippen molar-refractivity contribution in [2.45, 2.75) is 90.4 Å². The van der Waals surface area contributed by atoms with Crippen LogP contribution in [0, 0.1) is 5.82 Å². The van der Waals surface area contributed by atoms with Crippen LogP contribution < -0.4 is 4.74 Å². The van der Waals surface area contributed by atoms with E-state index in [0.717, 1.165) is 17.7 Å². The van der Waals surface area contributed by atoms with E-state index in [2.05, 4.69) is 43.0 Å². The number of halogens is 1. The standard InChI is InChI=1S/C33H45FOS/c1-3-4-5-13-24-36-25-14-11-9-7-6-8-10-12-15-33-31(27-16-19-29(34)20-17-27)22-18-28-26-30(35-2)21-23-32(28)33/h16-23,26H,3-15,24-25H2,1-2H3. The molecule has 0 radical (unpaired) electrons. The quantitative estimate of drug-likeness (QED) is 0.158. The van der Waals surface area contributed by atoms with Crippen LogP contribution in [0.3, 0.4) is 0 Å². The molecule has 1 nitrogen and oxygen atoms in total. The van der Waals surface area contributed by atoms with Gasteiger partial charge in [0, 0.05) is 0 Å². The fourth-order valence-electron chi connectivity index (χ4n) is 4.97. The van der Waals surface area contributed by atoms with E-state index in [9.17, 15) is 4.39 Å². The van der Waals surface area contributed by atoms with Gasteiger partial charge in [0.05, 0.1) is 7.11 Å². The number of hydrogen-bond acceptors (Lipinski definition) is 2. The predicted molar refractivity (Wildman–Crippen MR) is 158 cm³/mol. The molecule has 0 heterocycles. The van der Waals surface area contributed by atoms with Gasteiger partial charge in [0.15, 0.2) is 0 Å². The van der Waals surface area contributed by atoms with Crippen LogP contribution in [0.25, 0.3) is 21.9 Å². The van der Waals surface area contributed by atoms with E-state index in [1.165, 1.54) is 110 Å². The summed E-state index contributed by atoms with van der Waals surface area (Å²) in [6.07, 6.45) is 17.2. The van der Waals surface area contributed by atoms with Crippen LogP contribution in [-0.4, -0.2) is 18.6 Å². The van der Waals surface area contributed by atoms with E-state index >= 15 is 0 Å². The van der Waals surface area contributed by atoms with E-state index in [4.69, 9.17) is 4.74 Å². The zero-order chi connectivity index (χ0) is 25.4. The molecule has 0 bridgehead atoms. The number of rotatable bonds is 18. The van der Waals surface area contributed by atoms with Crippen molar-refractivity contribution in [2.75, 3.05) is 18.6 Å². The van der Waals surface area contributed by atoms with Crippen molar-refractivity contribution < 1.29 is 9.13 Å². The Morgan fingerprint density at radius 1 is 0.694 bits per heavy atom. The summed E-state index contributed by atoms with van der Waals surface area (Å²) in [5, 5.41) is 2.48. The third-order valence-corrected chi connectivity index (χ3v) is 8.26. The number of methoxy groups -OCH3 is 1. The second kappa shape index (κ2) is 16.7. The van der Waals surface area contributed by atoms with Gasteiger partial charge in [-0.3, -0.25) is 0 Å². The zero-order valence-corrected chi connectivity index (χ0v) is 23.3. The maximum atomic E-state index is 13.5. The highest BCUT2D eigenvalue weighted by Crippen LogP contribution is 2.33. The number of hydrogen-bond donors (Lipinski definition) is 0. The molecule has 0 atom stereocenters. The first-order valence-corrected chi connectivity index (χ1v) is 15.3. The van der Waals surface area contributed by atoms with Crippen LogP contribution in [0.1, 0.15) is 89.5 Å². The van der Waals surface area contributed by atoms with Gasteiger partial charge >= 0.3 is 0 Å². The third kappa shape index (κ3) is 9.47. The molecular formula is C33H45FOS. The Labute approximate surface area is 223 Å². The van der Waals surface area contributed by atoms with Crippen LogP contribution in [0.4, 0.5) is 4.39 Å². The summed E-state index contributed by atoms with van der Waals surface area (Å²) in [6, 6.07) is 17.6. The first kappa shape index (κ1) is 28.6. The van der Waals surface area contributed by atoms with Gasteiger partial charge in [0.25, 0.3) is 0 Å². The lowest BCUT2D eigenvalue weighted by atomic mass is 9.90. The Morgan fingerprint density at radius 3 is 2.00 bits per heavy atom. The first-order valence-electron chi connectivity index (χ1n) is 14.2. The van der Waals surface area contributed by atoms with Crippen LogP contribution in [0.5, 0.6) is 5.75 Å². The van der Waals surface area contributed by atoms with Gasteiger partial charge in [-0.15, -0.1) is 0 Å². The lowest BCUT2D eigenvalue weighted by Gasteiger charge is -2.15. The number of fused-ring (bicyclic) bond motifs is 1. The molecule has 196 valence electrons. The van der Waals surface area contributed by atoms with E-state index in [-0.39, 0.29) is 5.82 Å². The Hall–Kier alpha value is -2.00. The molecule has 3 aromatic rings. The molecular weight excluding hydrogens is 463 g/mol. The minimum atomic E-state index is -0.188. The highest BCUT2D eigenvalue weighted by atomic mass is 32.2. The first-order chi connectivity index (χ1) is 17.7. The van der Waals surface area contributed by atoms with Crippen molar-refractivity contribution >= 4 is 22.5 Å². The molecule has 0 saturated carbocycles. The van der Waals surface area contributed by atoms with Crippen molar-refractivity contribution in [2.24, 2.45) is 0 Å². The fourth-order valence-corrected chi connectivity index (χ4v) is 5.99. The van der Waals surface area contributed by atoms with Crippen LogP contribution in [-0.2, 0) is 6.42 Å². The second-order valence-electron chi connectivity index (χ2n) is 9.94. The van der Waals surface area contributed by atoms with Gasteiger partial charge in [-0.2, -0.15) is 11.8 Å². The predicted octanol–water partition coefficient (Wildman–Crippen LogP) is 10.6. The molecule has 3 rings (SSSR count). The average molecular weight is 509 g/mol. The van der Waals surface area contributed by atoms with Crippen molar-refractivity contribution in [1.29, 1.82) is 0 Å². The van der Waals surface area contributed by atoms with Crippen LogP contribution in [0.2, 0.25) is 0 Å². The number of benzene rings is 3. The molecule has 0 spiro atoms. The van der Waals surface area contributed by atoms with Crippen molar-refractivity contribution in [1.82, 2.24) is 0 Å². The van der Waals surface area contributed by atoms with E-state index in [1.807, 2.05) is 18.2 Å². The minimum absolute atomic E-state index is 0.188. The van der Waals surface area contributed by atoms with E-state index < -0.39 is 0 Å². The lowest BCUT2D eigenvalue weighted by Crippen LogP contribution is -1.94. The Bertz CT molecular complexity index is 1010. The molecule has 0 amide bonds. The van der Waals surface area contributed by atoms with E-state index in [1.54, 1.807) is 19.2 Å². The Morgan fingerprint density at radius 2 is 1.33 bits per heavy atom. The second-order valence-corrected chi connectivity index (χ2v) is 11.2. The molecule has 0 unspecified atom stereocenters. The van der Waals surface area contributed by atoms with Gasteiger partial charge in [-0.05, 0) is 88.9 Å². The molecule has 0 aromatic heterocycles. The van der Waals surface area contributed by atoms with Gasteiger partial charge < -0.3 is 4.74 Å². The van der Waals surface area contributed by atoms with E-state index in [0.29, 0.717) is 0 Å². The molecule has 0 aliphatic heterocycles. The summed E-state index contributed by atoms with van der Waals surface area (Å²) in [5.74, 6) is 3.40. The molecule has 0 saturated heterocycles. The van der Waals surface area contributed by atoms with Crippen LogP contribution in [0.15, 0.2) is 54.6 Å². The molecule has 36 heavy (non-hydrogen) atoms. The van der Waals surface area contributed by atoms with Gasteiger partial charge in [0.2, 0.25) is 0 Å². The molecule has 0 aliphatic rings. The summed E-state index contributed by atoms with van der Waals surface area (Å²) < 4.78 is 19.0. The fraction of sp³-hybridized carbons (Fsp3) is 0.515.